The number of methoxy groups -OCH3 is 1. The highest BCUT2D eigenvalue weighted by atomic mass is 32.2. The summed E-state index contributed by atoms with van der Waals surface area (Å²) in [6, 6.07) is 12.1. The van der Waals surface area contributed by atoms with Crippen molar-refractivity contribution in [3.8, 4) is 5.75 Å². The molecule has 116 valence electrons. The maximum absolute atomic E-state index is 12.3. The van der Waals surface area contributed by atoms with Crippen LogP contribution in [0.3, 0.4) is 0 Å². The summed E-state index contributed by atoms with van der Waals surface area (Å²) in [5.74, 6) is -1.03. The smallest absolute Gasteiger partial charge is 0.241 e. The van der Waals surface area contributed by atoms with Crippen LogP contribution in [0.25, 0.3) is 0 Å². The molecule has 2 aromatic rings. The van der Waals surface area contributed by atoms with E-state index in [0.717, 1.165) is 0 Å². The Morgan fingerprint density at radius 1 is 1.09 bits per heavy atom. The Bertz CT molecular complexity index is 741. The first kappa shape index (κ1) is 16.0. The van der Waals surface area contributed by atoms with Crippen molar-refractivity contribution in [2.45, 2.75) is 10.9 Å². The number of carboxylic acids is 1. The Hall–Kier alpha value is -2.38. The quantitative estimate of drug-likeness (QED) is 0.834. The average Bonchev–Trinajstić information content (AvgIpc) is 2.53. The number of hydrogen-bond acceptors (Lipinski definition) is 5. The van der Waals surface area contributed by atoms with Gasteiger partial charge in [-0.2, -0.15) is 4.72 Å². The lowest BCUT2D eigenvalue weighted by molar-refractivity contribution is -0.308. The fourth-order valence-electron chi connectivity index (χ4n) is 1.88. The number of sulfonamides is 1. The minimum atomic E-state index is -4.00. The molecule has 7 heteroatoms. The van der Waals surface area contributed by atoms with Crippen molar-refractivity contribution < 1.29 is 23.1 Å². The number of hydrogen-bond donors (Lipinski definition) is 1. The molecule has 0 aliphatic rings. The summed E-state index contributed by atoms with van der Waals surface area (Å²) < 4.78 is 31.6. The van der Waals surface area contributed by atoms with E-state index in [0.29, 0.717) is 11.3 Å². The SMILES string of the molecule is COc1ccc(S(=O)(=O)N[C@H](C(=O)[O-])c2ccccc2)cc1. The maximum atomic E-state index is 12.3. The van der Waals surface area contributed by atoms with Gasteiger partial charge >= 0.3 is 0 Å². The molecule has 0 aromatic heterocycles. The Morgan fingerprint density at radius 2 is 1.68 bits per heavy atom. The van der Waals surface area contributed by atoms with Crippen LogP contribution in [0.2, 0.25) is 0 Å². The van der Waals surface area contributed by atoms with Gasteiger partial charge in [-0.05, 0) is 29.8 Å². The number of carbonyl (C=O) groups is 1. The van der Waals surface area contributed by atoms with Crippen molar-refractivity contribution in [2.24, 2.45) is 0 Å². The van der Waals surface area contributed by atoms with E-state index in [1.54, 1.807) is 18.2 Å². The zero-order chi connectivity index (χ0) is 16.2. The molecule has 6 nitrogen and oxygen atoms in total. The van der Waals surface area contributed by atoms with Crippen molar-refractivity contribution in [1.29, 1.82) is 0 Å². The largest absolute Gasteiger partial charge is 0.548 e. The third-order valence-corrected chi connectivity index (χ3v) is 4.45. The fourth-order valence-corrected chi connectivity index (χ4v) is 3.05. The number of carboxylic acid groups (broad SMARTS) is 1. The molecule has 0 heterocycles. The van der Waals surface area contributed by atoms with Crippen LogP contribution in [0.1, 0.15) is 11.6 Å². The van der Waals surface area contributed by atoms with Gasteiger partial charge in [0.05, 0.1) is 24.0 Å². The van der Waals surface area contributed by atoms with E-state index in [4.69, 9.17) is 4.74 Å². The van der Waals surface area contributed by atoms with E-state index in [9.17, 15) is 18.3 Å². The van der Waals surface area contributed by atoms with Crippen LogP contribution in [0.4, 0.5) is 0 Å². The van der Waals surface area contributed by atoms with Gasteiger partial charge < -0.3 is 14.6 Å². The van der Waals surface area contributed by atoms with Gasteiger partial charge in [0.1, 0.15) is 5.75 Å². The van der Waals surface area contributed by atoms with E-state index < -0.39 is 22.0 Å². The van der Waals surface area contributed by atoms with Gasteiger partial charge in [0, 0.05) is 0 Å². The molecular formula is C15H14NO5S-. The summed E-state index contributed by atoms with van der Waals surface area (Å²) in [6.07, 6.45) is 0. The first-order valence-corrected chi connectivity index (χ1v) is 7.84. The molecule has 0 radical (unpaired) electrons. The first-order chi connectivity index (χ1) is 10.4. The number of rotatable bonds is 6. The molecule has 2 rings (SSSR count). The fraction of sp³-hybridized carbons (Fsp3) is 0.133. The summed E-state index contributed by atoms with van der Waals surface area (Å²) in [7, 11) is -2.54. The van der Waals surface area contributed by atoms with Gasteiger partial charge in [0.25, 0.3) is 0 Å². The summed E-state index contributed by atoms with van der Waals surface area (Å²) in [5.41, 5.74) is 0.291. The molecule has 0 unspecified atom stereocenters. The minimum absolute atomic E-state index is 0.0597. The highest BCUT2D eigenvalue weighted by molar-refractivity contribution is 7.89. The molecule has 0 spiro atoms. The molecule has 0 fully saturated rings. The molecular weight excluding hydrogens is 306 g/mol. The van der Waals surface area contributed by atoms with Crippen molar-refractivity contribution in [2.75, 3.05) is 7.11 Å². The van der Waals surface area contributed by atoms with E-state index in [-0.39, 0.29) is 4.90 Å². The van der Waals surface area contributed by atoms with Gasteiger partial charge in [-0.1, -0.05) is 30.3 Å². The standard InChI is InChI=1S/C15H15NO5S/c1-21-12-7-9-13(10-8-12)22(19,20)16-14(15(17)18)11-5-3-2-4-6-11/h2-10,14,16H,1H3,(H,17,18)/p-1/t14-/m0/s1. The van der Waals surface area contributed by atoms with Crippen LogP contribution in [0.15, 0.2) is 59.5 Å². The van der Waals surface area contributed by atoms with Gasteiger partial charge in [-0.25, -0.2) is 8.42 Å². The van der Waals surface area contributed by atoms with Crippen molar-refractivity contribution in [3.63, 3.8) is 0 Å². The van der Waals surface area contributed by atoms with Crippen molar-refractivity contribution in [3.05, 3.63) is 60.2 Å². The van der Waals surface area contributed by atoms with Crippen LogP contribution in [-0.2, 0) is 14.8 Å². The van der Waals surface area contributed by atoms with Crippen LogP contribution >= 0.6 is 0 Å². The zero-order valence-electron chi connectivity index (χ0n) is 11.7. The summed E-state index contributed by atoms with van der Waals surface area (Å²) >= 11 is 0. The predicted molar refractivity (Wildman–Crippen MR) is 77.5 cm³/mol. The molecule has 0 aliphatic carbocycles. The number of carbonyl (C=O) groups excluding carboxylic acids is 1. The molecule has 22 heavy (non-hydrogen) atoms. The Balaban J connectivity index is 2.30. The van der Waals surface area contributed by atoms with Gasteiger partial charge in [-0.3, -0.25) is 0 Å². The Morgan fingerprint density at radius 3 is 2.18 bits per heavy atom. The molecule has 0 saturated carbocycles. The summed E-state index contributed by atoms with van der Waals surface area (Å²) in [4.78, 5) is 11.2. The number of aliphatic carboxylic acids is 1. The molecule has 0 saturated heterocycles. The molecule has 1 atom stereocenters. The first-order valence-electron chi connectivity index (χ1n) is 6.36. The van der Waals surface area contributed by atoms with Crippen LogP contribution in [0, 0.1) is 0 Å². The van der Waals surface area contributed by atoms with E-state index in [1.165, 1.54) is 43.5 Å². The average molecular weight is 320 g/mol. The van der Waals surface area contributed by atoms with E-state index in [2.05, 4.69) is 4.72 Å². The van der Waals surface area contributed by atoms with Crippen LogP contribution in [-0.4, -0.2) is 21.5 Å². The second-order valence-corrected chi connectivity index (χ2v) is 6.17. The van der Waals surface area contributed by atoms with Crippen molar-refractivity contribution in [1.82, 2.24) is 4.72 Å². The van der Waals surface area contributed by atoms with Crippen LogP contribution in [0.5, 0.6) is 5.75 Å². The highest BCUT2D eigenvalue weighted by Gasteiger charge is 2.22. The highest BCUT2D eigenvalue weighted by Crippen LogP contribution is 2.19. The van der Waals surface area contributed by atoms with Gasteiger partial charge in [-0.15, -0.1) is 0 Å². The Labute approximate surface area is 128 Å². The summed E-state index contributed by atoms with van der Waals surface area (Å²) in [5, 5.41) is 11.3. The van der Waals surface area contributed by atoms with Gasteiger partial charge in [0.2, 0.25) is 10.0 Å². The summed E-state index contributed by atoms with van der Waals surface area (Å²) in [6.45, 7) is 0. The lowest BCUT2D eigenvalue weighted by Crippen LogP contribution is -2.41. The molecule has 1 N–H and O–H groups in total. The number of nitrogens with one attached hydrogen (secondary N) is 1. The maximum Gasteiger partial charge on any atom is 0.241 e. The monoisotopic (exact) mass is 320 g/mol. The predicted octanol–water partition coefficient (Wildman–Crippen LogP) is 0.465. The number of benzene rings is 2. The Kier molecular flexibility index (Phi) is 4.79. The minimum Gasteiger partial charge on any atom is -0.548 e. The number of ether oxygens (including phenoxy) is 1. The third-order valence-electron chi connectivity index (χ3n) is 3.01. The second kappa shape index (κ2) is 6.59. The second-order valence-electron chi connectivity index (χ2n) is 4.46. The van der Waals surface area contributed by atoms with Crippen molar-refractivity contribution >= 4 is 16.0 Å². The zero-order valence-corrected chi connectivity index (χ0v) is 12.5. The van der Waals surface area contributed by atoms with E-state index >= 15 is 0 Å². The molecule has 0 amide bonds. The normalized spacial score (nSPS) is 12.6. The third kappa shape index (κ3) is 3.63. The van der Waals surface area contributed by atoms with Crippen LogP contribution < -0.4 is 14.6 Å². The van der Waals surface area contributed by atoms with Gasteiger partial charge in [0.15, 0.2) is 0 Å². The lowest BCUT2D eigenvalue weighted by atomic mass is 10.1. The topological polar surface area (TPSA) is 95.5 Å². The lowest BCUT2D eigenvalue weighted by Gasteiger charge is -2.20. The molecule has 2 aromatic carbocycles. The molecule has 0 aliphatic heterocycles. The molecule has 0 bridgehead atoms. The van der Waals surface area contributed by atoms with E-state index in [1.807, 2.05) is 0 Å².